The number of rotatable bonds is 3. The number of ether oxygens (including phenoxy) is 1. The molecule has 0 spiro atoms. The molecule has 0 aliphatic heterocycles. The smallest absolute Gasteiger partial charge is 0.471 e. The molecule has 126 valence electrons. The van der Waals surface area contributed by atoms with Gasteiger partial charge in [0.1, 0.15) is 5.75 Å². The van der Waals surface area contributed by atoms with Gasteiger partial charge in [-0.05, 0) is 35.2 Å². The molecule has 10 heteroatoms. The van der Waals surface area contributed by atoms with Crippen molar-refractivity contribution < 1.29 is 27.6 Å². The highest BCUT2D eigenvalue weighted by molar-refractivity contribution is 9.10. The topological polar surface area (TPSA) is 81.5 Å². The summed E-state index contributed by atoms with van der Waals surface area (Å²) in [6, 6.07) is 0.437. The molecule has 1 atom stereocenters. The molecule has 0 aromatic heterocycles. The van der Waals surface area contributed by atoms with Gasteiger partial charge in [0.05, 0.1) is 16.5 Å². The van der Waals surface area contributed by atoms with E-state index in [9.17, 15) is 28.1 Å². The summed E-state index contributed by atoms with van der Waals surface area (Å²) in [6.45, 7) is 0. The summed E-state index contributed by atoms with van der Waals surface area (Å²) in [7, 11) is 1.41. The lowest BCUT2D eigenvalue weighted by molar-refractivity contribution is -0.385. The first-order valence-electron chi connectivity index (χ1n) is 6.55. The zero-order chi connectivity index (χ0) is 17.4. The SMILES string of the molecule is COc1c(Br)cc([N+](=O)[O-])c2c1CCC(NC(=O)C(F)(F)F)C2. The van der Waals surface area contributed by atoms with Crippen molar-refractivity contribution in [1.82, 2.24) is 5.32 Å². The van der Waals surface area contributed by atoms with E-state index in [1.807, 2.05) is 5.32 Å². The molecule has 1 aromatic carbocycles. The maximum absolute atomic E-state index is 12.3. The van der Waals surface area contributed by atoms with Crippen LogP contribution in [0, 0.1) is 10.1 Å². The minimum atomic E-state index is -4.98. The molecular weight excluding hydrogens is 385 g/mol. The first kappa shape index (κ1) is 17.5. The minimum Gasteiger partial charge on any atom is -0.495 e. The molecule has 1 aromatic rings. The van der Waals surface area contributed by atoms with Crippen LogP contribution < -0.4 is 10.1 Å². The van der Waals surface area contributed by atoms with Gasteiger partial charge in [-0.15, -0.1) is 0 Å². The number of methoxy groups -OCH3 is 1. The number of fused-ring (bicyclic) bond motifs is 1. The number of hydrogen-bond acceptors (Lipinski definition) is 4. The van der Waals surface area contributed by atoms with Crippen molar-refractivity contribution in [1.29, 1.82) is 0 Å². The highest BCUT2D eigenvalue weighted by Crippen LogP contribution is 2.41. The van der Waals surface area contributed by atoms with Crippen molar-refractivity contribution in [3.8, 4) is 5.75 Å². The Hall–Kier alpha value is -1.84. The Morgan fingerprint density at radius 1 is 1.48 bits per heavy atom. The third-order valence-corrected chi connectivity index (χ3v) is 4.20. The average molecular weight is 397 g/mol. The number of nitro benzene ring substituents is 1. The third kappa shape index (κ3) is 3.57. The van der Waals surface area contributed by atoms with Crippen LogP contribution in [0.5, 0.6) is 5.75 Å². The van der Waals surface area contributed by atoms with Crippen LogP contribution in [-0.4, -0.2) is 30.2 Å². The summed E-state index contributed by atoms with van der Waals surface area (Å²) in [5.74, 6) is -1.62. The van der Waals surface area contributed by atoms with Crippen molar-refractivity contribution in [2.75, 3.05) is 7.11 Å². The lowest BCUT2D eigenvalue weighted by Crippen LogP contribution is -2.45. The Morgan fingerprint density at radius 2 is 2.13 bits per heavy atom. The van der Waals surface area contributed by atoms with Crippen LogP contribution in [0.4, 0.5) is 18.9 Å². The predicted molar refractivity (Wildman–Crippen MR) is 77.4 cm³/mol. The maximum atomic E-state index is 12.3. The monoisotopic (exact) mass is 396 g/mol. The van der Waals surface area contributed by atoms with Crippen LogP contribution in [0.3, 0.4) is 0 Å². The fraction of sp³-hybridized carbons (Fsp3) is 0.462. The molecular formula is C13H12BrF3N2O4. The van der Waals surface area contributed by atoms with Crippen molar-refractivity contribution in [2.24, 2.45) is 0 Å². The van der Waals surface area contributed by atoms with Gasteiger partial charge < -0.3 is 10.1 Å². The summed E-state index contributed by atoms with van der Waals surface area (Å²) in [5, 5.41) is 13.1. The fourth-order valence-electron chi connectivity index (χ4n) is 2.64. The van der Waals surface area contributed by atoms with Crippen LogP contribution in [0.1, 0.15) is 17.5 Å². The molecule has 1 unspecified atom stereocenters. The van der Waals surface area contributed by atoms with Crippen molar-refractivity contribution >= 4 is 27.5 Å². The van der Waals surface area contributed by atoms with Gasteiger partial charge >= 0.3 is 12.1 Å². The van der Waals surface area contributed by atoms with E-state index < -0.39 is 23.0 Å². The summed E-state index contributed by atoms with van der Waals surface area (Å²) >= 11 is 3.19. The van der Waals surface area contributed by atoms with Gasteiger partial charge in [-0.2, -0.15) is 13.2 Å². The quantitative estimate of drug-likeness (QED) is 0.628. The summed E-state index contributed by atoms with van der Waals surface area (Å²) < 4.78 is 42.6. The number of hydrogen-bond donors (Lipinski definition) is 1. The van der Waals surface area contributed by atoms with E-state index in [0.29, 0.717) is 15.8 Å². The van der Waals surface area contributed by atoms with Gasteiger partial charge in [-0.25, -0.2) is 0 Å². The van der Waals surface area contributed by atoms with Crippen molar-refractivity contribution in [3.63, 3.8) is 0 Å². The van der Waals surface area contributed by atoms with Gasteiger partial charge in [0.25, 0.3) is 5.69 Å². The van der Waals surface area contributed by atoms with Crippen LogP contribution in [0.15, 0.2) is 10.5 Å². The Labute approximate surface area is 137 Å². The second kappa shape index (κ2) is 6.34. The highest BCUT2D eigenvalue weighted by Gasteiger charge is 2.41. The largest absolute Gasteiger partial charge is 0.495 e. The molecule has 0 heterocycles. The zero-order valence-electron chi connectivity index (χ0n) is 11.9. The van der Waals surface area contributed by atoms with Crippen LogP contribution >= 0.6 is 15.9 Å². The molecule has 1 aliphatic rings. The number of carbonyl (C=O) groups is 1. The number of nitrogens with zero attached hydrogens (tertiary/aromatic N) is 1. The fourth-order valence-corrected chi connectivity index (χ4v) is 3.26. The standard InChI is InChI=1S/C13H12BrF3N2O4/c1-23-11-7-3-2-6(18-12(20)13(15,16)17)4-8(7)10(19(21)22)5-9(11)14/h5-6H,2-4H2,1H3,(H,18,20). The first-order valence-corrected chi connectivity index (χ1v) is 7.34. The minimum absolute atomic E-state index is 0.0584. The molecule has 0 radical (unpaired) electrons. The number of benzene rings is 1. The van der Waals surface area contributed by atoms with Gasteiger partial charge in [0, 0.05) is 23.2 Å². The first-order chi connectivity index (χ1) is 10.6. The summed E-state index contributed by atoms with van der Waals surface area (Å²) in [6.07, 6.45) is -4.54. The summed E-state index contributed by atoms with van der Waals surface area (Å²) in [4.78, 5) is 21.6. The Morgan fingerprint density at radius 3 is 2.65 bits per heavy atom. The Bertz CT molecular complexity index is 664. The number of amides is 1. The molecule has 0 saturated carbocycles. The highest BCUT2D eigenvalue weighted by atomic mass is 79.9. The van der Waals surface area contributed by atoms with Gasteiger partial charge in [-0.3, -0.25) is 14.9 Å². The normalized spacial score (nSPS) is 17.3. The van der Waals surface area contributed by atoms with Crippen molar-refractivity contribution in [3.05, 3.63) is 31.8 Å². The molecule has 1 amide bonds. The van der Waals surface area contributed by atoms with E-state index in [-0.39, 0.29) is 30.5 Å². The van der Waals surface area contributed by atoms with E-state index >= 15 is 0 Å². The second-order valence-electron chi connectivity index (χ2n) is 5.04. The Balaban J connectivity index is 2.36. The van der Waals surface area contributed by atoms with Crippen LogP contribution in [0.25, 0.3) is 0 Å². The molecule has 0 bridgehead atoms. The van der Waals surface area contributed by atoms with E-state index in [1.54, 1.807) is 0 Å². The second-order valence-corrected chi connectivity index (χ2v) is 5.89. The molecule has 23 heavy (non-hydrogen) atoms. The molecule has 0 fully saturated rings. The maximum Gasteiger partial charge on any atom is 0.471 e. The van der Waals surface area contributed by atoms with Gasteiger partial charge in [0.15, 0.2) is 0 Å². The van der Waals surface area contributed by atoms with Gasteiger partial charge in [-0.1, -0.05) is 0 Å². The van der Waals surface area contributed by atoms with Crippen LogP contribution in [0.2, 0.25) is 0 Å². The number of halogens is 4. The number of carbonyl (C=O) groups excluding carboxylic acids is 1. The predicted octanol–water partition coefficient (Wildman–Crippen LogP) is 2.90. The van der Waals surface area contributed by atoms with Crippen molar-refractivity contribution in [2.45, 2.75) is 31.5 Å². The third-order valence-electron chi connectivity index (χ3n) is 3.61. The average Bonchev–Trinajstić information content (AvgIpc) is 2.45. The lowest BCUT2D eigenvalue weighted by Gasteiger charge is -2.27. The van der Waals surface area contributed by atoms with E-state index in [0.717, 1.165) is 0 Å². The van der Waals surface area contributed by atoms with Crippen LogP contribution in [-0.2, 0) is 17.6 Å². The van der Waals surface area contributed by atoms with E-state index in [4.69, 9.17) is 4.74 Å². The lowest BCUT2D eigenvalue weighted by atomic mass is 9.86. The number of nitrogens with one attached hydrogen (secondary N) is 1. The Kier molecular flexibility index (Phi) is 4.83. The molecule has 6 nitrogen and oxygen atoms in total. The number of nitro groups is 1. The summed E-state index contributed by atoms with van der Waals surface area (Å²) in [5.41, 5.74) is 0.651. The number of alkyl halides is 3. The van der Waals surface area contributed by atoms with E-state index in [1.165, 1.54) is 13.2 Å². The molecule has 2 rings (SSSR count). The molecule has 1 N–H and O–H groups in total. The van der Waals surface area contributed by atoms with Gasteiger partial charge in [0.2, 0.25) is 0 Å². The molecule has 0 saturated heterocycles. The zero-order valence-corrected chi connectivity index (χ0v) is 13.5. The molecule has 1 aliphatic carbocycles. The van der Waals surface area contributed by atoms with E-state index in [2.05, 4.69) is 15.9 Å².